The zero-order chi connectivity index (χ0) is 19.4. The van der Waals surface area contributed by atoms with E-state index < -0.39 is 42.4 Å². The molecule has 2 rings (SSSR count). The summed E-state index contributed by atoms with van der Waals surface area (Å²) in [4.78, 5) is 37.9. The number of nitrogens with zero attached hydrogens (tertiary/aromatic N) is 3. The number of hydrogen-bond acceptors (Lipinski definition) is 10. The SMILES string of the molecule is CC(=O)OCC1OC(n2cnc(N)c2C#N)C(OC(C)=O)C1OC(C)=O. The smallest absolute Gasteiger partial charge is 0.303 e. The van der Waals surface area contributed by atoms with E-state index in [1.165, 1.54) is 31.7 Å². The van der Waals surface area contributed by atoms with Crippen LogP contribution in [0.1, 0.15) is 32.7 Å². The van der Waals surface area contributed by atoms with Gasteiger partial charge in [0.2, 0.25) is 0 Å². The number of nitrogen functional groups attached to an aromatic ring is 1. The number of hydrogen-bond donors (Lipinski definition) is 1. The molecule has 0 amide bonds. The molecule has 4 unspecified atom stereocenters. The van der Waals surface area contributed by atoms with E-state index in [-0.39, 0.29) is 18.1 Å². The summed E-state index contributed by atoms with van der Waals surface area (Å²) in [6.07, 6.45) is -2.89. The van der Waals surface area contributed by atoms with Crippen molar-refractivity contribution in [2.75, 3.05) is 12.3 Å². The molecule has 2 heterocycles. The zero-order valence-corrected chi connectivity index (χ0v) is 14.4. The first-order valence-corrected chi connectivity index (χ1v) is 7.60. The lowest BCUT2D eigenvalue weighted by Gasteiger charge is -2.23. The van der Waals surface area contributed by atoms with Crippen molar-refractivity contribution in [1.29, 1.82) is 5.26 Å². The topological polar surface area (TPSA) is 156 Å². The fourth-order valence-corrected chi connectivity index (χ4v) is 2.60. The molecule has 2 N–H and O–H groups in total. The molecule has 1 aliphatic heterocycles. The van der Waals surface area contributed by atoms with E-state index in [1.807, 2.05) is 6.07 Å². The molecule has 0 aromatic carbocycles. The van der Waals surface area contributed by atoms with Gasteiger partial charge in [0.05, 0.1) is 0 Å². The third-order valence-corrected chi connectivity index (χ3v) is 3.54. The molecule has 0 aliphatic carbocycles. The van der Waals surface area contributed by atoms with Gasteiger partial charge in [0.1, 0.15) is 25.1 Å². The van der Waals surface area contributed by atoms with Gasteiger partial charge in [-0.15, -0.1) is 0 Å². The van der Waals surface area contributed by atoms with Gasteiger partial charge in [-0.2, -0.15) is 5.26 Å². The minimum Gasteiger partial charge on any atom is -0.463 e. The summed E-state index contributed by atoms with van der Waals surface area (Å²) in [5.41, 5.74) is 5.63. The molecule has 11 nitrogen and oxygen atoms in total. The first-order chi connectivity index (χ1) is 12.2. The van der Waals surface area contributed by atoms with Crippen LogP contribution in [0, 0.1) is 11.3 Å². The normalized spacial score (nSPS) is 24.5. The fraction of sp³-hybridized carbons (Fsp3) is 0.533. The number of nitrogens with two attached hydrogens (primary N) is 1. The van der Waals surface area contributed by atoms with E-state index in [9.17, 15) is 19.6 Å². The number of ether oxygens (including phenoxy) is 4. The van der Waals surface area contributed by atoms with Crippen molar-refractivity contribution in [3.05, 3.63) is 12.0 Å². The van der Waals surface area contributed by atoms with Gasteiger partial charge in [0.25, 0.3) is 0 Å². The average molecular weight is 366 g/mol. The Balaban J connectivity index is 2.41. The summed E-state index contributed by atoms with van der Waals surface area (Å²) in [6, 6.07) is 1.88. The number of imidazole rings is 1. The first-order valence-electron chi connectivity index (χ1n) is 7.60. The van der Waals surface area contributed by atoms with Crippen molar-refractivity contribution in [2.24, 2.45) is 0 Å². The second kappa shape index (κ2) is 7.83. The van der Waals surface area contributed by atoms with Gasteiger partial charge in [-0.25, -0.2) is 4.98 Å². The Morgan fingerprint density at radius 3 is 2.38 bits per heavy atom. The standard InChI is InChI=1S/C15H18N4O7/c1-7(20)23-5-11-12(24-8(2)21)13(25-9(3)22)15(26-11)19-6-18-14(17)10(19)4-16/h6,11-13,15H,5,17H2,1-3H3. The number of nitriles is 1. The third-order valence-electron chi connectivity index (χ3n) is 3.54. The van der Waals surface area contributed by atoms with Crippen LogP contribution in [-0.4, -0.2) is 52.4 Å². The maximum Gasteiger partial charge on any atom is 0.303 e. The number of esters is 3. The maximum atomic E-state index is 11.5. The summed E-state index contributed by atoms with van der Waals surface area (Å²) in [7, 11) is 0. The highest BCUT2D eigenvalue weighted by atomic mass is 16.7. The molecular weight excluding hydrogens is 348 g/mol. The molecule has 0 bridgehead atoms. The van der Waals surface area contributed by atoms with E-state index in [0.717, 1.165) is 0 Å². The highest BCUT2D eigenvalue weighted by Gasteiger charge is 2.51. The van der Waals surface area contributed by atoms with Gasteiger partial charge in [-0.3, -0.25) is 19.0 Å². The minimum atomic E-state index is -1.10. The first kappa shape index (κ1) is 19.2. The molecule has 26 heavy (non-hydrogen) atoms. The van der Waals surface area contributed by atoms with Crippen LogP contribution in [0.3, 0.4) is 0 Å². The average Bonchev–Trinajstić information content (AvgIpc) is 3.05. The molecule has 1 aromatic rings. The second-order valence-corrected chi connectivity index (χ2v) is 5.51. The Kier molecular flexibility index (Phi) is 5.78. The van der Waals surface area contributed by atoms with Crippen LogP contribution in [-0.2, 0) is 33.3 Å². The molecule has 4 atom stereocenters. The quantitative estimate of drug-likeness (QED) is 0.540. The van der Waals surface area contributed by atoms with Crippen LogP contribution in [0.5, 0.6) is 0 Å². The minimum absolute atomic E-state index is 0.0122. The number of rotatable bonds is 5. The van der Waals surface area contributed by atoms with Gasteiger partial charge in [0, 0.05) is 20.8 Å². The molecule has 1 aliphatic rings. The van der Waals surface area contributed by atoms with Gasteiger partial charge < -0.3 is 24.7 Å². The Labute approximate surface area is 148 Å². The van der Waals surface area contributed by atoms with E-state index in [0.29, 0.717) is 0 Å². The van der Waals surface area contributed by atoms with Crippen molar-refractivity contribution in [2.45, 2.75) is 45.3 Å². The molecule has 1 aromatic heterocycles. The van der Waals surface area contributed by atoms with Crippen LogP contribution >= 0.6 is 0 Å². The third kappa shape index (κ3) is 4.09. The number of carbonyl (C=O) groups excluding carboxylic acids is 3. The number of anilines is 1. The maximum absolute atomic E-state index is 11.5. The van der Waals surface area contributed by atoms with Crippen molar-refractivity contribution in [3.8, 4) is 6.07 Å². The predicted octanol–water partition coefficient (Wildman–Crippen LogP) is -0.339. The molecule has 1 saturated heterocycles. The lowest BCUT2D eigenvalue weighted by Crippen LogP contribution is -2.40. The van der Waals surface area contributed by atoms with E-state index in [1.54, 1.807) is 0 Å². The second-order valence-electron chi connectivity index (χ2n) is 5.51. The van der Waals surface area contributed by atoms with E-state index in [4.69, 9.17) is 24.7 Å². The van der Waals surface area contributed by atoms with Gasteiger partial charge in [-0.05, 0) is 0 Å². The van der Waals surface area contributed by atoms with Crippen LogP contribution in [0.15, 0.2) is 6.33 Å². The summed E-state index contributed by atoms with van der Waals surface area (Å²) < 4.78 is 22.4. The van der Waals surface area contributed by atoms with E-state index in [2.05, 4.69) is 4.98 Å². The number of carbonyl (C=O) groups is 3. The summed E-state index contributed by atoms with van der Waals surface area (Å²) in [6.45, 7) is 3.32. The van der Waals surface area contributed by atoms with Crippen LogP contribution < -0.4 is 5.73 Å². The molecular formula is C15H18N4O7. The highest BCUT2D eigenvalue weighted by molar-refractivity contribution is 5.68. The largest absolute Gasteiger partial charge is 0.463 e. The highest BCUT2D eigenvalue weighted by Crippen LogP contribution is 2.35. The number of aromatic nitrogens is 2. The predicted molar refractivity (Wildman–Crippen MR) is 83.0 cm³/mol. The van der Waals surface area contributed by atoms with Crippen molar-refractivity contribution >= 4 is 23.7 Å². The van der Waals surface area contributed by atoms with Gasteiger partial charge >= 0.3 is 17.9 Å². The molecule has 1 fully saturated rings. The Hall–Kier alpha value is -3.13. The van der Waals surface area contributed by atoms with Gasteiger partial charge in [0.15, 0.2) is 29.9 Å². The summed E-state index contributed by atoms with van der Waals surface area (Å²) in [5, 5.41) is 9.26. The molecule has 0 radical (unpaired) electrons. The molecule has 0 saturated carbocycles. The van der Waals surface area contributed by atoms with Crippen LogP contribution in [0.4, 0.5) is 5.82 Å². The molecule has 0 spiro atoms. The Morgan fingerprint density at radius 2 is 1.85 bits per heavy atom. The lowest BCUT2D eigenvalue weighted by atomic mass is 10.1. The van der Waals surface area contributed by atoms with Crippen LogP contribution in [0.25, 0.3) is 0 Å². The Bertz CT molecular complexity index is 754. The monoisotopic (exact) mass is 366 g/mol. The summed E-state index contributed by atoms with van der Waals surface area (Å²) in [5.74, 6) is -1.90. The van der Waals surface area contributed by atoms with Crippen LogP contribution in [0.2, 0.25) is 0 Å². The summed E-state index contributed by atoms with van der Waals surface area (Å²) >= 11 is 0. The van der Waals surface area contributed by atoms with Crippen molar-refractivity contribution in [3.63, 3.8) is 0 Å². The van der Waals surface area contributed by atoms with Crippen molar-refractivity contribution in [1.82, 2.24) is 9.55 Å². The molecule has 11 heteroatoms. The van der Waals surface area contributed by atoms with Gasteiger partial charge in [-0.1, -0.05) is 0 Å². The zero-order valence-electron chi connectivity index (χ0n) is 14.4. The fourth-order valence-electron chi connectivity index (χ4n) is 2.60. The van der Waals surface area contributed by atoms with Crippen molar-refractivity contribution < 1.29 is 33.3 Å². The van der Waals surface area contributed by atoms with E-state index >= 15 is 0 Å². The lowest BCUT2D eigenvalue weighted by molar-refractivity contribution is -0.166. The molecule has 140 valence electrons. The Morgan fingerprint density at radius 1 is 1.23 bits per heavy atom.